The van der Waals surface area contributed by atoms with Crippen LogP contribution in [0.2, 0.25) is 0 Å². The molecule has 0 radical (unpaired) electrons. The molecule has 0 unspecified atom stereocenters. The Morgan fingerprint density at radius 3 is 2.11 bits per heavy atom. The molecular weight excluding hydrogens is 345 g/mol. The zero-order valence-electron chi connectivity index (χ0n) is 16.8. The van der Waals surface area contributed by atoms with Crippen LogP contribution in [-0.4, -0.2) is 22.9 Å². The van der Waals surface area contributed by atoms with E-state index >= 15 is 0 Å². The van der Waals surface area contributed by atoms with Crippen molar-refractivity contribution in [3.8, 4) is 5.69 Å². The number of fused-ring (bicyclic) bond motifs is 3. The number of rotatable bonds is 2. The lowest BCUT2D eigenvalue weighted by molar-refractivity contribution is 0.00578. The predicted molar refractivity (Wildman–Crippen MR) is 116 cm³/mol. The highest BCUT2D eigenvalue weighted by atomic mass is 16.7. The average molecular weight is 369 g/mol. The molecule has 2 heterocycles. The summed E-state index contributed by atoms with van der Waals surface area (Å²) in [5, 5.41) is 3.64. The molecule has 0 amide bonds. The van der Waals surface area contributed by atoms with Gasteiger partial charge >= 0.3 is 7.12 Å². The highest BCUT2D eigenvalue weighted by molar-refractivity contribution is 6.65. The lowest BCUT2D eigenvalue weighted by Crippen LogP contribution is -2.41. The maximum atomic E-state index is 6.32. The van der Waals surface area contributed by atoms with Crippen LogP contribution in [0.15, 0.2) is 72.9 Å². The minimum atomic E-state index is -0.359. The molecule has 1 aliphatic rings. The summed E-state index contributed by atoms with van der Waals surface area (Å²) in [5.74, 6) is 0. The van der Waals surface area contributed by atoms with E-state index < -0.39 is 0 Å². The summed E-state index contributed by atoms with van der Waals surface area (Å²) in [6, 6.07) is 23.4. The van der Waals surface area contributed by atoms with Crippen LogP contribution in [0.1, 0.15) is 27.7 Å². The maximum absolute atomic E-state index is 6.32. The van der Waals surface area contributed by atoms with E-state index in [1.54, 1.807) is 0 Å². The van der Waals surface area contributed by atoms with Gasteiger partial charge in [-0.2, -0.15) is 0 Å². The van der Waals surface area contributed by atoms with Crippen molar-refractivity contribution in [2.45, 2.75) is 38.9 Å². The normalized spacial score (nSPS) is 18.2. The molecule has 140 valence electrons. The molecule has 0 bridgehead atoms. The van der Waals surface area contributed by atoms with Crippen molar-refractivity contribution >= 4 is 34.3 Å². The van der Waals surface area contributed by atoms with Crippen molar-refractivity contribution in [3.63, 3.8) is 0 Å². The standard InChI is InChI=1S/C24H24BNO2/c1-23(2)24(3,4)28-25(27-23)21-12-8-11-18-19(21)13-14-22-20(18)15-16-26(22)17-9-6-5-7-10-17/h5-16H,1-4H3. The van der Waals surface area contributed by atoms with Crippen LogP contribution in [0.5, 0.6) is 0 Å². The van der Waals surface area contributed by atoms with Gasteiger partial charge in [0.2, 0.25) is 0 Å². The molecule has 3 aromatic carbocycles. The highest BCUT2D eigenvalue weighted by Crippen LogP contribution is 2.37. The van der Waals surface area contributed by atoms with E-state index in [-0.39, 0.29) is 18.3 Å². The van der Waals surface area contributed by atoms with E-state index in [1.165, 1.54) is 27.4 Å². The van der Waals surface area contributed by atoms with Gasteiger partial charge in [0.25, 0.3) is 0 Å². The first-order valence-electron chi connectivity index (χ1n) is 9.81. The fourth-order valence-corrected chi connectivity index (χ4v) is 4.00. The summed E-state index contributed by atoms with van der Waals surface area (Å²) in [5.41, 5.74) is 2.76. The summed E-state index contributed by atoms with van der Waals surface area (Å²) in [7, 11) is -0.359. The Hall–Kier alpha value is -2.56. The van der Waals surface area contributed by atoms with E-state index in [0.29, 0.717) is 0 Å². The average Bonchev–Trinajstić information content (AvgIpc) is 3.20. The van der Waals surface area contributed by atoms with Gasteiger partial charge in [-0.3, -0.25) is 0 Å². The number of nitrogens with zero attached hydrogens (tertiary/aromatic N) is 1. The van der Waals surface area contributed by atoms with Crippen LogP contribution >= 0.6 is 0 Å². The quantitative estimate of drug-likeness (QED) is 0.460. The van der Waals surface area contributed by atoms with Crippen molar-refractivity contribution in [2.75, 3.05) is 0 Å². The lowest BCUT2D eigenvalue weighted by atomic mass is 9.76. The fraction of sp³-hybridized carbons (Fsp3) is 0.250. The van der Waals surface area contributed by atoms with Gasteiger partial charge < -0.3 is 13.9 Å². The van der Waals surface area contributed by atoms with Crippen LogP contribution in [0.3, 0.4) is 0 Å². The van der Waals surface area contributed by atoms with Gasteiger partial charge in [0.1, 0.15) is 0 Å². The van der Waals surface area contributed by atoms with Crippen molar-refractivity contribution < 1.29 is 9.31 Å². The van der Waals surface area contributed by atoms with Crippen LogP contribution in [0.4, 0.5) is 0 Å². The van der Waals surface area contributed by atoms with Gasteiger partial charge in [0.15, 0.2) is 0 Å². The molecule has 1 fully saturated rings. The van der Waals surface area contributed by atoms with Crippen LogP contribution < -0.4 is 5.46 Å². The maximum Gasteiger partial charge on any atom is 0.495 e. The lowest BCUT2D eigenvalue weighted by Gasteiger charge is -2.32. The van der Waals surface area contributed by atoms with E-state index in [4.69, 9.17) is 9.31 Å². The molecule has 0 N–H and O–H groups in total. The highest BCUT2D eigenvalue weighted by Gasteiger charge is 2.52. The van der Waals surface area contributed by atoms with Crippen molar-refractivity contribution in [1.82, 2.24) is 4.57 Å². The molecule has 28 heavy (non-hydrogen) atoms. The minimum absolute atomic E-state index is 0.347. The largest absolute Gasteiger partial charge is 0.495 e. The molecule has 0 saturated carbocycles. The zero-order chi connectivity index (χ0) is 19.5. The Morgan fingerprint density at radius 1 is 0.679 bits per heavy atom. The molecule has 1 saturated heterocycles. The second-order valence-electron chi connectivity index (χ2n) is 8.55. The monoisotopic (exact) mass is 369 g/mol. The van der Waals surface area contributed by atoms with Gasteiger partial charge in [-0.1, -0.05) is 42.5 Å². The Bertz CT molecular complexity index is 1160. The molecule has 1 aliphatic heterocycles. The number of para-hydroxylation sites is 1. The first kappa shape index (κ1) is 17.5. The Morgan fingerprint density at radius 2 is 1.39 bits per heavy atom. The number of hydrogen-bond acceptors (Lipinski definition) is 2. The molecule has 5 rings (SSSR count). The number of aromatic nitrogens is 1. The van der Waals surface area contributed by atoms with Gasteiger partial charge in [-0.25, -0.2) is 0 Å². The van der Waals surface area contributed by atoms with Crippen LogP contribution in [-0.2, 0) is 9.31 Å². The topological polar surface area (TPSA) is 23.4 Å². The molecular formula is C24H24BNO2. The zero-order valence-corrected chi connectivity index (χ0v) is 16.8. The molecule has 3 nitrogen and oxygen atoms in total. The Balaban J connectivity index is 1.67. The fourth-order valence-electron chi connectivity index (χ4n) is 4.00. The first-order chi connectivity index (χ1) is 13.4. The van der Waals surface area contributed by atoms with Crippen molar-refractivity contribution in [3.05, 3.63) is 72.9 Å². The van der Waals surface area contributed by atoms with E-state index in [1.807, 2.05) is 6.07 Å². The SMILES string of the molecule is CC1(C)OB(c2cccc3c2ccc2c3ccn2-c2ccccc2)OC1(C)C. The van der Waals surface area contributed by atoms with Gasteiger partial charge in [0.05, 0.1) is 16.7 Å². The van der Waals surface area contributed by atoms with E-state index in [2.05, 4.69) is 99.1 Å². The molecule has 0 spiro atoms. The summed E-state index contributed by atoms with van der Waals surface area (Å²) >= 11 is 0. The van der Waals surface area contributed by atoms with Gasteiger partial charge in [0, 0.05) is 17.3 Å². The summed E-state index contributed by atoms with van der Waals surface area (Å²) in [4.78, 5) is 0. The second-order valence-corrected chi connectivity index (χ2v) is 8.55. The van der Waals surface area contributed by atoms with Crippen molar-refractivity contribution in [1.29, 1.82) is 0 Å². The summed E-state index contributed by atoms with van der Waals surface area (Å²) < 4.78 is 14.9. The molecule has 0 atom stereocenters. The van der Waals surface area contributed by atoms with Crippen LogP contribution in [0.25, 0.3) is 27.4 Å². The first-order valence-corrected chi connectivity index (χ1v) is 9.81. The third-order valence-electron chi connectivity index (χ3n) is 6.31. The third-order valence-corrected chi connectivity index (χ3v) is 6.31. The second kappa shape index (κ2) is 5.97. The smallest absolute Gasteiger partial charge is 0.399 e. The minimum Gasteiger partial charge on any atom is -0.399 e. The number of benzene rings is 3. The summed E-state index contributed by atoms with van der Waals surface area (Å²) in [6.45, 7) is 8.37. The van der Waals surface area contributed by atoms with Gasteiger partial charge in [-0.15, -0.1) is 0 Å². The molecule has 4 aromatic rings. The summed E-state index contributed by atoms with van der Waals surface area (Å²) in [6.07, 6.45) is 2.14. The van der Waals surface area contributed by atoms with E-state index in [0.717, 1.165) is 5.46 Å². The van der Waals surface area contributed by atoms with Crippen LogP contribution in [0, 0.1) is 0 Å². The molecule has 0 aliphatic carbocycles. The Labute approximate surface area is 166 Å². The third kappa shape index (κ3) is 2.52. The number of hydrogen-bond donors (Lipinski definition) is 0. The van der Waals surface area contributed by atoms with E-state index in [9.17, 15) is 0 Å². The van der Waals surface area contributed by atoms with Gasteiger partial charge in [-0.05, 0) is 68.2 Å². The van der Waals surface area contributed by atoms with Crippen molar-refractivity contribution in [2.24, 2.45) is 0 Å². The predicted octanol–water partition coefficient (Wildman–Crippen LogP) is 5.08. The molecule has 4 heteroatoms. The molecule has 1 aromatic heterocycles. The Kier molecular flexibility index (Phi) is 3.74.